The van der Waals surface area contributed by atoms with Gasteiger partial charge in [-0.2, -0.15) is 0 Å². The first kappa shape index (κ1) is 12.5. The highest BCUT2D eigenvalue weighted by Crippen LogP contribution is 2.26. The Kier molecular flexibility index (Phi) is 4.07. The zero-order chi connectivity index (χ0) is 12.3. The van der Waals surface area contributed by atoms with Crippen molar-refractivity contribution in [3.8, 4) is 0 Å². The lowest BCUT2D eigenvalue weighted by Gasteiger charge is -2.13. The average Bonchev–Trinajstić information content (AvgIpc) is 2.69. The first-order valence-corrected chi connectivity index (χ1v) is 6.20. The summed E-state index contributed by atoms with van der Waals surface area (Å²) < 4.78 is 10.9. The van der Waals surface area contributed by atoms with Crippen molar-refractivity contribution in [1.29, 1.82) is 0 Å². The van der Waals surface area contributed by atoms with Crippen LogP contribution in [0.3, 0.4) is 0 Å². The molecular weight excluding hydrogens is 220 g/mol. The molecule has 0 spiro atoms. The lowest BCUT2D eigenvalue weighted by molar-refractivity contribution is -0.145. The van der Waals surface area contributed by atoms with Crippen LogP contribution in [0.1, 0.15) is 39.0 Å². The number of carbonyl (C=O) groups excluding carboxylic acids is 2. The highest BCUT2D eigenvalue weighted by Gasteiger charge is 2.41. The van der Waals surface area contributed by atoms with E-state index in [2.05, 4.69) is 0 Å². The van der Waals surface area contributed by atoms with E-state index in [0.29, 0.717) is 0 Å². The molecule has 0 saturated carbocycles. The number of allylic oxidation sites excluding steroid dienone is 1. The second kappa shape index (κ2) is 5.56. The third kappa shape index (κ3) is 3.01. The first-order chi connectivity index (χ1) is 8.18. The Balaban J connectivity index is 2.11. The summed E-state index contributed by atoms with van der Waals surface area (Å²) in [5, 5.41) is 0. The summed E-state index contributed by atoms with van der Waals surface area (Å²) in [5.41, 5.74) is 0. The molecule has 0 N–H and O–H groups in total. The van der Waals surface area contributed by atoms with Gasteiger partial charge in [0.15, 0.2) is 5.78 Å². The van der Waals surface area contributed by atoms with Gasteiger partial charge in [-0.05, 0) is 32.3 Å². The predicted molar refractivity (Wildman–Crippen MR) is 61.4 cm³/mol. The van der Waals surface area contributed by atoms with Crippen LogP contribution < -0.4 is 0 Å². The number of ketones is 2. The fraction of sp³-hybridized carbons (Fsp3) is 0.692. The summed E-state index contributed by atoms with van der Waals surface area (Å²) in [7, 11) is 0. The molecule has 0 aromatic rings. The maximum Gasteiger partial charge on any atom is 0.223 e. The minimum Gasteiger partial charge on any atom is -0.339 e. The van der Waals surface area contributed by atoms with Crippen LogP contribution in [0.5, 0.6) is 0 Å². The zero-order valence-electron chi connectivity index (χ0n) is 10.1. The second-order valence-electron chi connectivity index (χ2n) is 4.62. The minimum atomic E-state index is -0.886. The predicted octanol–water partition coefficient (Wildman–Crippen LogP) is 1.77. The highest BCUT2D eigenvalue weighted by molar-refractivity contribution is 5.93. The van der Waals surface area contributed by atoms with Gasteiger partial charge >= 0.3 is 0 Å². The number of fused-ring (bicyclic) bond motifs is 2. The Hall–Kier alpha value is -1.00. The van der Waals surface area contributed by atoms with Gasteiger partial charge < -0.3 is 9.47 Å². The molecule has 4 nitrogen and oxygen atoms in total. The summed E-state index contributed by atoms with van der Waals surface area (Å²) in [6.45, 7) is 1.48. The summed E-state index contributed by atoms with van der Waals surface area (Å²) in [5.74, 6) is -0.257. The number of ether oxygens (including phenoxy) is 2. The number of rotatable bonds is 1. The second-order valence-corrected chi connectivity index (χ2v) is 4.62. The number of hydrogen-bond donors (Lipinski definition) is 0. The molecule has 2 bridgehead atoms. The molecule has 2 aliphatic heterocycles. The van der Waals surface area contributed by atoms with Gasteiger partial charge in [0, 0.05) is 0 Å². The summed E-state index contributed by atoms with van der Waals surface area (Å²) >= 11 is 0. The average molecular weight is 238 g/mol. The summed E-state index contributed by atoms with van der Waals surface area (Å²) in [4.78, 5) is 23.1. The smallest absolute Gasteiger partial charge is 0.223 e. The standard InChI is InChI=1S/C13H18O4/c1-9(14)12-11-8-6-4-2-3-5-7-10(15)13(16-11)17-12/h5,7,11-13H,2-4,6,8H2,1H3. The molecule has 1 fully saturated rings. The van der Waals surface area contributed by atoms with Crippen LogP contribution in [0.2, 0.25) is 0 Å². The molecule has 2 aliphatic rings. The molecule has 1 saturated heterocycles. The topological polar surface area (TPSA) is 52.6 Å². The van der Waals surface area contributed by atoms with Crippen LogP contribution in [-0.4, -0.2) is 30.1 Å². The molecule has 3 atom stereocenters. The van der Waals surface area contributed by atoms with Crippen LogP contribution in [0, 0.1) is 0 Å². The Morgan fingerprint density at radius 2 is 2.12 bits per heavy atom. The quantitative estimate of drug-likeness (QED) is 0.698. The van der Waals surface area contributed by atoms with Crippen molar-refractivity contribution in [2.45, 2.75) is 57.5 Å². The van der Waals surface area contributed by atoms with Gasteiger partial charge in [-0.3, -0.25) is 9.59 Å². The van der Waals surface area contributed by atoms with E-state index in [1.807, 2.05) is 6.08 Å². The molecule has 2 heterocycles. The Morgan fingerprint density at radius 1 is 1.29 bits per heavy atom. The van der Waals surface area contributed by atoms with Crippen molar-refractivity contribution >= 4 is 11.6 Å². The van der Waals surface area contributed by atoms with E-state index in [0.717, 1.165) is 32.1 Å². The van der Waals surface area contributed by atoms with E-state index in [4.69, 9.17) is 9.47 Å². The highest BCUT2D eigenvalue weighted by atomic mass is 16.7. The molecule has 0 aromatic heterocycles. The fourth-order valence-corrected chi connectivity index (χ4v) is 2.26. The van der Waals surface area contributed by atoms with Crippen molar-refractivity contribution < 1.29 is 19.1 Å². The van der Waals surface area contributed by atoms with Crippen molar-refractivity contribution in [1.82, 2.24) is 0 Å². The van der Waals surface area contributed by atoms with Gasteiger partial charge in [-0.1, -0.05) is 18.9 Å². The van der Waals surface area contributed by atoms with E-state index < -0.39 is 12.4 Å². The van der Waals surface area contributed by atoms with Gasteiger partial charge in [-0.25, -0.2) is 0 Å². The van der Waals surface area contributed by atoms with Crippen molar-refractivity contribution in [3.05, 3.63) is 12.2 Å². The van der Waals surface area contributed by atoms with Crippen LogP contribution in [-0.2, 0) is 19.1 Å². The molecule has 0 aliphatic carbocycles. The van der Waals surface area contributed by atoms with Gasteiger partial charge in [0.1, 0.15) is 6.10 Å². The molecule has 0 radical (unpaired) electrons. The Bertz CT molecular complexity index is 334. The molecule has 17 heavy (non-hydrogen) atoms. The van der Waals surface area contributed by atoms with E-state index in [1.165, 1.54) is 13.0 Å². The van der Waals surface area contributed by atoms with Crippen molar-refractivity contribution in [2.75, 3.05) is 0 Å². The zero-order valence-corrected chi connectivity index (χ0v) is 10.1. The molecule has 0 aromatic carbocycles. The maximum atomic E-state index is 11.7. The third-order valence-corrected chi connectivity index (χ3v) is 3.18. The van der Waals surface area contributed by atoms with Gasteiger partial charge in [-0.15, -0.1) is 0 Å². The van der Waals surface area contributed by atoms with Crippen molar-refractivity contribution in [3.63, 3.8) is 0 Å². The fourth-order valence-electron chi connectivity index (χ4n) is 2.26. The van der Waals surface area contributed by atoms with Gasteiger partial charge in [0.2, 0.25) is 12.1 Å². The maximum absolute atomic E-state index is 11.7. The largest absolute Gasteiger partial charge is 0.339 e. The number of carbonyl (C=O) groups is 2. The molecule has 2 rings (SSSR count). The van der Waals surface area contributed by atoms with Crippen LogP contribution in [0.4, 0.5) is 0 Å². The number of hydrogen-bond acceptors (Lipinski definition) is 4. The lowest BCUT2D eigenvalue weighted by Crippen LogP contribution is -2.29. The molecule has 3 unspecified atom stereocenters. The summed E-state index contributed by atoms with van der Waals surface area (Å²) in [6.07, 6.45) is 6.53. The third-order valence-electron chi connectivity index (χ3n) is 3.18. The Labute approximate surface area is 101 Å². The number of Topliss-reactive ketones (excluding diaryl/α,β-unsaturated/α-hetero) is 1. The van der Waals surface area contributed by atoms with E-state index in [-0.39, 0.29) is 17.7 Å². The summed E-state index contributed by atoms with van der Waals surface area (Å²) in [6, 6.07) is 0. The van der Waals surface area contributed by atoms with Crippen molar-refractivity contribution in [2.24, 2.45) is 0 Å². The van der Waals surface area contributed by atoms with Crippen LogP contribution >= 0.6 is 0 Å². The van der Waals surface area contributed by atoms with Gasteiger partial charge in [0.25, 0.3) is 0 Å². The van der Waals surface area contributed by atoms with E-state index in [9.17, 15) is 9.59 Å². The first-order valence-electron chi connectivity index (χ1n) is 6.20. The van der Waals surface area contributed by atoms with E-state index in [1.54, 1.807) is 0 Å². The normalized spacial score (nSPS) is 34.4. The SMILES string of the molecule is CC(=O)C1OC2OC1CCCCCC=CC2=O. The molecule has 0 amide bonds. The van der Waals surface area contributed by atoms with Gasteiger partial charge in [0.05, 0.1) is 6.10 Å². The lowest BCUT2D eigenvalue weighted by atomic mass is 10.0. The van der Waals surface area contributed by atoms with Crippen LogP contribution in [0.15, 0.2) is 12.2 Å². The Morgan fingerprint density at radius 3 is 2.88 bits per heavy atom. The molecular formula is C13H18O4. The molecule has 4 heteroatoms. The molecule has 94 valence electrons. The minimum absolute atomic E-state index is 0.0636. The van der Waals surface area contributed by atoms with E-state index >= 15 is 0 Å². The monoisotopic (exact) mass is 238 g/mol. The van der Waals surface area contributed by atoms with Crippen LogP contribution in [0.25, 0.3) is 0 Å².